The number of hydrogen-bond acceptors (Lipinski definition) is 4. The van der Waals surface area contributed by atoms with Crippen molar-refractivity contribution in [2.45, 2.75) is 63.9 Å². The third-order valence-electron chi connectivity index (χ3n) is 7.53. The molecule has 5 heteroatoms. The Morgan fingerprint density at radius 1 is 1.14 bits per heavy atom. The maximum absolute atomic E-state index is 13.2. The predicted molar refractivity (Wildman–Crippen MR) is 108 cm³/mol. The molecule has 0 aromatic heterocycles. The quantitative estimate of drug-likeness (QED) is 0.752. The van der Waals surface area contributed by atoms with Crippen LogP contribution in [0, 0.1) is 16.7 Å². The maximum Gasteiger partial charge on any atom is 0.226 e. The van der Waals surface area contributed by atoms with Crippen molar-refractivity contribution in [3.8, 4) is 11.5 Å². The zero-order valence-electron chi connectivity index (χ0n) is 17.3. The number of amides is 1. The van der Waals surface area contributed by atoms with Crippen molar-refractivity contribution in [2.75, 3.05) is 20.8 Å². The van der Waals surface area contributed by atoms with Crippen LogP contribution in [0.5, 0.6) is 11.5 Å². The van der Waals surface area contributed by atoms with Gasteiger partial charge in [-0.2, -0.15) is 0 Å². The Morgan fingerprint density at radius 3 is 2.61 bits per heavy atom. The van der Waals surface area contributed by atoms with Gasteiger partial charge in [0.1, 0.15) is 0 Å². The summed E-state index contributed by atoms with van der Waals surface area (Å²) in [6, 6.07) is 5.87. The molecular formula is C23H33NO4. The molecule has 0 radical (unpaired) electrons. The number of ether oxygens (including phenoxy) is 2. The topological polar surface area (TPSA) is 67.8 Å². The second kappa shape index (κ2) is 6.94. The molecule has 0 saturated heterocycles. The summed E-state index contributed by atoms with van der Waals surface area (Å²) in [5, 5.41) is 14.3. The van der Waals surface area contributed by atoms with Gasteiger partial charge in [-0.05, 0) is 74.0 Å². The average molecular weight is 388 g/mol. The molecular weight excluding hydrogens is 354 g/mol. The van der Waals surface area contributed by atoms with Gasteiger partial charge in [0.15, 0.2) is 11.5 Å². The number of hydrogen-bond donors (Lipinski definition) is 2. The highest BCUT2D eigenvalue weighted by Gasteiger charge is 2.64. The number of carbonyl (C=O) groups is 1. The SMILES string of the molecule is CCC12CC3CC(O)(C1)CC(C(=O)NCCc1ccc(OC)c(OC)c1)(C3)C2. The Hall–Kier alpha value is -1.75. The van der Waals surface area contributed by atoms with Crippen LogP contribution >= 0.6 is 0 Å². The summed E-state index contributed by atoms with van der Waals surface area (Å²) >= 11 is 0. The third kappa shape index (κ3) is 3.28. The van der Waals surface area contributed by atoms with E-state index in [2.05, 4.69) is 12.2 Å². The molecule has 1 amide bonds. The molecule has 1 aromatic rings. The number of aliphatic hydroxyl groups is 1. The lowest BCUT2D eigenvalue weighted by atomic mass is 9.42. The summed E-state index contributed by atoms with van der Waals surface area (Å²) in [4.78, 5) is 13.2. The van der Waals surface area contributed by atoms with Crippen molar-refractivity contribution in [1.29, 1.82) is 0 Å². The standard InChI is InChI=1S/C23H33NO4/c1-4-21-10-17-11-22(13-21,15-23(26,12-17)14-21)20(25)24-8-7-16-5-6-18(27-2)19(9-16)28-3/h5-6,9,17,26H,4,7-8,10-15H2,1-3H3,(H,24,25). The van der Waals surface area contributed by atoms with Crippen LogP contribution in [0.1, 0.15) is 57.4 Å². The zero-order chi connectivity index (χ0) is 20.0. The van der Waals surface area contributed by atoms with E-state index in [-0.39, 0.29) is 16.7 Å². The van der Waals surface area contributed by atoms with E-state index in [1.165, 1.54) is 6.42 Å². The molecule has 0 spiro atoms. The molecule has 28 heavy (non-hydrogen) atoms. The molecule has 2 N–H and O–H groups in total. The summed E-state index contributed by atoms with van der Waals surface area (Å²) in [6.45, 7) is 2.82. The van der Waals surface area contributed by atoms with Crippen LogP contribution in [-0.4, -0.2) is 37.4 Å². The number of methoxy groups -OCH3 is 2. The lowest BCUT2D eigenvalue weighted by Crippen LogP contribution is -2.63. The Bertz CT molecular complexity index is 765. The number of benzene rings is 1. The molecule has 4 fully saturated rings. The second-order valence-electron chi connectivity index (χ2n) is 9.56. The minimum atomic E-state index is -0.629. The molecule has 4 aliphatic rings. The highest BCUT2D eigenvalue weighted by molar-refractivity contribution is 5.83. The molecule has 4 aliphatic carbocycles. The first kappa shape index (κ1) is 19.6. The van der Waals surface area contributed by atoms with Crippen molar-refractivity contribution in [3.05, 3.63) is 23.8 Å². The van der Waals surface area contributed by atoms with Crippen LogP contribution < -0.4 is 14.8 Å². The molecule has 154 valence electrons. The smallest absolute Gasteiger partial charge is 0.226 e. The van der Waals surface area contributed by atoms with Crippen LogP contribution in [0.25, 0.3) is 0 Å². The van der Waals surface area contributed by atoms with E-state index in [0.717, 1.165) is 44.1 Å². The molecule has 4 bridgehead atoms. The van der Waals surface area contributed by atoms with E-state index in [1.807, 2.05) is 18.2 Å². The Balaban J connectivity index is 1.42. The Morgan fingerprint density at radius 2 is 1.93 bits per heavy atom. The first-order valence-electron chi connectivity index (χ1n) is 10.6. The van der Waals surface area contributed by atoms with Crippen molar-refractivity contribution < 1.29 is 19.4 Å². The van der Waals surface area contributed by atoms with Crippen molar-refractivity contribution >= 4 is 5.91 Å². The highest BCUT2D eigenvalue weighted by Crippen LogP contribution is 2.67. The number of rotatable bonds is 7. The van der Waals surface area contributed by atoms with E-state index in [1.54, 1.807) is 14.2 Å². The fourth-order valence-electron chi connectivity index (χ4n) is 6.78. The van der Waals surface area contributed by atoms with Crippen LogP contribution in [0.4, 0.5) is 0 Å². The van der Waals surface area contributed by atoms with Gasteiger partial charge in [0.25, 0.3) is 0 Å². The van der Waals surface area contributed by atoms with Crippen LogP contribution in [0.2, 0.25) is 0 Å². The monoisotopic (exact) mass is 387 g/mol. The average Bonchev–Trinajstić information content (AvgIpc) is 2.65. The first-order valence-corrected chi connectivity index (χ1v) is 10.6. The van der Waals surface area contributed by atoms with E-state index >= 15 is 0 Å². The molecule has 0 aliphatic heterocycles. The summed E-state index contributed by atoms with van der Waals surface area (Å²) < 4.78 is 10.6. The number of carbonyl (C=O) groups excluding carboxylic acids is 1. The van der Waals surface area contributed by atoms with Gasteiger partial charge in [-0.1, -0.05) is 19.4 Å². The summed E-state index contributed by atoms with van der Waals surface area (Å²) in [7, 11) is 3.25. The van der Waals surface area contributed by atoms with E-state index in [9.17, 15) is 9.90 Å². The van der Waals surface area contributed by atoms with Crippen LogP contribution in [0.15, 0.2) is 18.2 Å². The normalized spacial score (nSPS) is 35.6. The van der Waals surface area contributed by atoms with Gasteiger partial charge in [0.05, 0.1) is 25.2 Å². The van der Waals surface area contributed by atoms with Crippen molar-refractivity contribution in [3.63, 3.8) is 0 Å². The van der Waals surface area contributed by atoms with Gasteiger partial charge in [-0.3, -0.25) is 4.79 Å². The van der Waals surface area contributed by atoms with E-state index < -0.39 is 5.60 Å². The maximum atomic E-state index is 13.2. The van der Waals surface area contributed by atoms with Crippen LogP contribution in [-0.2, 0) is 11.2 Å². The predicted octanol–water partition coefficient (Wildman–Crippen LogP) is 3.47. The third-order valence-corrected chi connectivity index (χ3v) is 7.53. The molecule has 4 saturated carbocycles. The number of nitrogens with one attached hydrogen (secondary N) is 1. The molecule has 4 atom stereocenters. The van der Waals surface area contributed by atoms with E-state index in [4.69, 9.17) is 9.47 Å². The Labute approximate surface area is 167 Å². The molecule has 5 nitrogen and oxygen atoms in total. The molecule has 4 unspecified atom stereocenters. The van der Waals surface area contributed by atoms with Gasteiger partial charge >= 0.3 is 0 Å². The minimum Gasteiger partial charge on any atom is -0.493 e. The van der Waals surface area contributed by atoms with Gasteiger partial charge in [-0.15, -0.1) is 0 Å². The highest BCUT2D eigenvalue weighted by atomic mass is 16.5. The largest absolute Gasteiger partial charge is 0.493 e. The van der Waals surface area contributed by atoms with Gasteiger partial charge < -0.3 is 19.9 Å². The van der Waals surface area contributed by atoms with Crippen LogP contribution in [0.3, 0.4) is 0 Å². The fraction of sp³-hybridized carbons (Fsp3) is 0.696. The van der Waals surface area contributed by atoms with E-state index in [0.29, 0.717) is 30.4 Å². The van der Waals surface area contributed by atoms with Gasteiger partial charge in [-0.25, -0.2) is 0 Å². The van der Waals surface area contributed by atoms with Crippen molar-refractivity contribution in [1.82, 2.24) is 5.32 Å². The minimum absolute atomic E-state index is 0.147. The summed E-state index contributed by atoms with van der Waals surface area (Å²) in [6.07, 6.45) is 7.29. The summed E-state index contributed by atoms with van der Waals surface area (Å²) in [5.41, 5.74) is 0.263. The molecule has 5 rings (SSSR count). The zero-order valence-corrected chi connectivity index (χ0v) is 17.3. The van der Waals surface area contributed by atoms with Gasteiger partial charge in [0.2, 0.25) is 5.91 Å². The molecule has 0 heterocycles. The Kier molecular flexibility index (Phi) is 4.85. The second-order valence-corrected chi connectivity index (χ2v) is 9.56. The lowest BCUT2D eigenvalue weighted by Gasteiger charge is -2.64. The van der Waals surface area contributed by atoms with Crippen molar-refractivity contribution in [2.24, 2.45) is 16.7 Å². The fourth-order valence-corrected chi connectivity index (χ4v) is 6.78. The lowest BCUT2D eigenvalue weighted by molar-refractivity contribution is -0.204. The first-order chi connectivity index (χ1) is 13.3. The van der Waals surface area contributed by atoms with Gasteiger partial charge in [0, 0.05) is 6.54 Å². The molecule has 1 aromatic carbocycles. The summed E-state index contributed by atoms with van der Waals surface area (Å²) in [5.74, 6) is 2.06.